The molecule has 0 fully saturated rings. The highest BCUT2D eigenvalue weighted by molar-refractivity contribution is 7.90. The van der Waals surface area contributed by atoms with Crippen LogP contribution >= 0.6 is 0 Å². The van der Waals surface area contributed by atoms with Crippen molar-refractivity contribution in [2.75, 3.05) is 6.61 Å². The summed E-state index contributed by atoms with van der Waals surface area (Å²) < 4.78 is 33.9. The second-order valence-corrected chi connectivity index (χ2v) is 8.27. The number of ether oxygens (including phenoxy) is 1. The Bertz CT molecular complexity index is 1220. The Morgan fingerprint density at radius 3 is 2.42 bits per heavy atom. The number of benzene rings is 2. The van der Waals surface area contributed by atoms with E-state index in [1.807, 2.05) is 4.72 Å². The summed E-state index contributed by atoms with van der Waals surface area (Å²) in [5.74, 6) is -1.47. The lowest BCUT2D eigenvalue weighted by Crippen LogP contribution is -2.28. The molecule has 1 aromatic heterocycles. The van der Waals surface area contributed by atoms with Gasteiger partial charge in [0.2, 0.25) is 11.8 Å². The Balaban J connectivity index is 1.91. The SMILES string of the molecule is CCOc1cc(C(=O)O)nn1Cc1ccc(-c2ccccc2S(=O)(=O)NC(C)=O)cc1. The number of hydrogen-bond acceptors (Lipinski definition) is 6. The number of carbonyl (C=O) groups excluding carboxylic acids is 1. The predicted octanol–water partition coefficient (Wildman–Crippen LogP) is 2.52. The van der Waals surface area contributed by atoms with Crippen LogP contribution in [0.3, 0.4) is 0 Å². The fourth-order valence-electron chi connectivity index (χ4n) is 3.03. The van der Waals surface area contributed by atoms with Crippen molar-refractivity contribution in [2.45, 2.75) is 25.3 Å². The van der Waals surface area contributed by atoms with Crippen LogP contribution in [0.2, 0.25) is 0 Å². The molecule has 1 heterocycles. The number of amides is 1. The van der Waals surface area contributed by atoms with E-state index in [9.17, 15) is 18.0 Å². The van der Waals surface area contributed by atoms with Gasteiger partial charge in [0.05, 0.1) is 18.0 Å². The number of carbonyl (C=O) groups is 2. The van der Waals surface area contributed by atoms with Gasteiger partial charge in [-0.2, -0.15) is 5.10 Å². The van der Waals surface area contributed by atoms with Gasteiger partial charge in [-0.1, -0.05) is 42.5 Å². The third-order valence-corrected chi connectivity index (χ3v) is 5.80. The molecule has 1 amide bonds. The number of aromatic carboxylic acids is 1. The second-order valence-electron chi connectivity index (χ2n) is 6.62. The normalized spacial score (nSPS) is 11.2. The maximum Gasteiger partial charge on any atom is 0.356 e. The van der Waals surface area contributed by atoms with Gasteiger partial charge in [-0.3, -0.25) is 4.79 Å². The van der Waals surface area contributed by atoms with Crippen molar-refractivity contribution >= 4 is 21.9 Å². The molecule has 0 aliphatic carbocycles. The van der Waals surface area contributed by atoms with Crippen LogP contribution in [0, 0.1) is 0 Å². The zero-order valence-electron chi connectivity index (χ0n) is 16.9. The Morgan fingerprint density at radius 2 is 1.81 bits per heavy atom. The summed E-state index contributed by atoms with van der Waals surface area (Å²) >= 11 is 0. The van der Waals surface area contributed by atoms with Gasteiger partial charge in [-0.25, -0.2) is 22.6 Å². The molecular weight excluding hydrogens is 422 g/mol. The lowest BCUT2D eigenvalue weighted by Gasteiger charge is -2.12. The first-order valence-corrected chi connectivity index (χ1v) is 10.8. The zero-order chi connectivity index (χ0) is 22.6. The highest BCUT2D eigenvalue weighted by Crippen LogP contribution is 2.28. The van der Waals surface area contributed by atoms with Crippen molar-refractivity contribution in [1.82, 2.24) is 14.5 Å². The summed E-state index contributed by atoms with van der Waals surface area (Å²) in [5, 5.41) is 13.2. The van der Waals surface area contributed by atoms with Crippen LogP contribution in [-0.4, -0.2) is 41.8 Å². The van der Waals surface area contributed by atoms with Gasteiger partial charge in [0, 0.05) is 18.6 Å². The van der Waals surface area contributed by atoms with E-state index >= 15 is 0 Å². The number of aromatic nitrogens is 2. The number of rotatable bonds is 8. The average Bonchev–Trinajstić information content (AvgIpc) is 3.11. The number of carboxylic acids is 1. The van der Waals surface area contributed by atoms with Crippen LogP contribution < -0.4 is 9.46 Å². The summed E-state index contributed by atoms with van der Waals surface area (Å²) in [6.45, 7) is 3.56. The van der Waals surface area contributed by atoms with Crippen LogP contribution in [0.1, 0.15) is 29.9 Å². The summed E-state index contributed by atoms with van der Waals surface area (Å²) in [7, 11) is -4.00. The Morgan fingerprint density at radius 1 is 1.13 bits per heavy atom. The minimum atomic E-state index is -4.00. The van der Waals surface area contributed by atoms with Gasteiger partial charge in [0.1, 0.15) is 0 Å². The monoisotopic (exact) mass is 443 g/mol. The van der Waals surface area contributed by atoms with E-state index in [1.165, 1.54) is 16.8 Å². The molecule has 2 aromatic carbocycles. The van der Waals surface area contributed by atoms with Crippen molar-refractivity contribution in [1.29, 1.82) is 0 Å². The molecule has 31 heavy (non-hydrogen) atoms. The van der Waals surface area contributed by atoms with E-state index < -0.39 is 21.9 Å². The molecule has 3 aromatic rings. The minimum absolute atomic E-state index is 0.00485. The number of sulfonamides is 1. The van der Waals surface area contributed by atoms with Crippen LogP contribution in [0.4, 0.5) is 0 Å². The Kier molecular flexibility index (Phi) is 6.40. The first-order chi connectivity index (χ1) is 14.7. The third-order valence-electron chi connectivity index (χ3n) is 4.31. The first-order valence-electron chi connectivity index (χ1n) is 9.37. The molecule has 162 valence electrons. The topological polar surface area (TPSA) is 128 Å². The van der Waals surface area contributed by atoms with E-state index in [4.69, 9.17) is 9.84 Å². The van der Waals surface area contributed by atoms with Gasteiger partial charge >= 0.3 is 5.97 Å². The molecule has 0 radical (unpaired) electrons. The molecule has 10 heteroatoms. The molecule has 0 saturated heterocycles. The fraction of sp³-hybridized carbons (Fsp3) is 0.190. The maximum absolute atomic E-state index is 12.5. The van der Waals surface area contributed by atoms with Gasteiger partial charge < -0.3 is 9.84 Å². The van der Waals surface area contributed by atoms with Gasteiger partial charge in [0.25, 0.3) is 10.0 Å². The first kappa shape index (κ1) is 22.0. The second kappa shape index (κ2) is 9.00. The third kappa shape index (κ3) is 5.10. The van der Waals surface area contributed by atoms with E-state index in [1.54, 1.807) is 49.4 Å². The number of nitrogens with one attached hydrogen (secondary N) is 1. The molecule has 2 N–H and O–H groups in total. The molecule has 0 bridgehead atoms. The molecule has 0 unspecified atom stereocenters. The smallest absolute Gasteiger partial charge is 0.356 e. The standard InChI is InChI=1S/C21H21N3O6S/c1-3-30-20-12-18(21(26)27)22-24(20)13-15-8-10-16(11-9-15)17-6-4-5-7-19(17)31(28,29)23-14(2)25/h4-12H,3,13H2,1-2H3,(H,23,25)(H,26,27). The fourth-order valence-corrected chi connectivity index (χ4v) is 4.25. The van der Waals surface area contributed by atoms with Crippen molar-refractivity contribution in [3.8, 4) is 17.0 Å². The quantitative estimate of drug-likeness (QED) is 0.547. The zero-order valence-corrected chi connectivity index (χ0v) is 17.7. The van der Waals surface area contributed by atoms with Crippen LogP contribution in [0.25, 0.3) is 11.1 Å². The van der Waals surface area contributed by atoms with E-state index in [-0.39, 0.29) is 17.1 Å². The Hall–Kier alpha value is -3.66. The van der Waals surface area contributed by atoms with Crippen LogP contribution in [-0.2, 0) is 21.4 Å². The van der Waals surface area contributed by atoms with Gasteiger partial charge in [-0.15, -0.1) is 0 Å². The highest BCUT2D eigenvalue weighted by atomic mass is 32.2. The number of carboxylic acid groups (broad SMARTS) is 1. The van der Waals surface area contributed by atoms with Crippen molar-refractivity contribution in [3.63, 3.8) is 0 Å². The Labute approximate surface area is 179 Å². The summed E-state index contributed by atoms with van der Waals surface area (Å²) in [5.41, 5.74) is 1.79. The van der Waals surface area contributed by atoms with E-state index in [2.05, 4.69) is 5.10 Å². The van der Waals surface area contributed by atoms with Gasteiger partial charge in [-0.05, 0) is 24.1 Å². The summed E-state index contributed by atoms with van der Waals surface area (Å²) in [6.07, 6.45) is 0. The molecule has 0 aliphatic rings. The van der Waals surface area contributed by atoms with E-state index in [0.29, 0.717) is 23.6 Å². The largest absolute Gasteiger partial charge is 0.478 e. The average molecular weight is 443 g/mol. The number of nitrogens with zero attached hydrogens (tertiary/aromatic N) is 2. The lowest BCUT2D eigenvalue weighted by atomic mass is 10.0. The molecular formula is C21H21N3O6S. The number of hydrogen-bond donors (Lipinski definition) is 2. The summed E-state index contributed by atoms with van der Waals surface area (Å²) in [4.78, 5) is 22.5. The molecule has 0 aliphatic heterocycles. The molecule has 0 atom stereocenters. The van der Waals surface area contributed by atoms with Gasteiger partial charge in [0.15, 0.2) is 5.69 Å². The predicted molar refractivity (Wildman–Crippen MR) is 112 cm³/mol. The van der Waals surface area contributed by atoms with Crippen molar-refractivity contribution in [3.05, 3.63) is 65.9 Å². The highest BCUT2D eigenvalue weighted by Gasteiger charge is 2.20. The van der Waals surface area contributed by atoms with Crippen molar-refractivity contribution in [2.24, 2.45) is 0 Å². The molecule has 0 spiro atoms. The molecule has 3 rings (SSSR count). The summed E-state index contributed by atoms with van der Waals surface area (Å²) in [6, 6.07) is 14.8. The maximum atomic E-state index is 12.5. The molecule has 9 nitrogen and oxygen atoms in total. The molecule has 0 saturated carbocycles. The van der Waals surface area contributed by atoms with E-state index in [0.717, 1.165) is 12.5 Å². The van der Waals surface area contributed by atoms with Crippen LogP contribution in [0.5, 0.6) is 5.88 Å². The van der Waals surface area contributed by atoms with Crippen LogP contribution in [0.15, 0.2) is 59.5 Å². The lowest BCUT2D eigenvalue weighted by molar-refractivity contribution is -0.117. The minimum Gasteiger partial charge on any atom is -0.478 e. The van der Waals surface area contributed by atoms with Crippen molar-refractivity contribution < 1.29 is 27.9 Å².